The van der Waals surface area contributed by atoms with Crippen molar-refractivity contribution in [2.75, 3.05) is 13.7 Å². The molecule has 0 aromatic heterocycles. The van der Waals surface area contributed by atoms with E-state index in [1.165, 1.54) is 0 Å². The van der Waals surface area contributed by atoms with E-state index in [4.69, 9.17) is 10.5 Å². The van der Waals surface area contributed by atoms with Crippen LogP contribution in [0.15, 0.2) is 16.6 Å². The molecule has 1 aromatic carbocycles. The average molecular weight is 260 g/mol. The molecule has 1 unspecified atom stereocenters. The number of rotatable bonds is 3. The molecule has 0 bridgehead atoms. The fourth-order valence-corrected chi connectivity index (χ4v) is 1.73. The Morgan fingerprint density at radius 1 is 1.57 bits per heavy atom. The summed E-state index contributed by atoms with van der Waals surface area (Å²) >= 11 is 3.30. The van der Waals surface area contributed by atoms with Gasteiger partial charge in [-0.3, -0.25) is 0 Å². The summed E-state index contributed by atoms with van der Waals surface area (Å²) in [6.07, 6.45) is 0. The summed E-state index contributed by atoms with van der Waals surface area (Å²) in [7, 11) is 1.59. The lowest BCUT2D eigenvalue weighted by molar-refractivity contribution is 0.407. The normalized spacial score (nSPS) is 12.6. The highest BCUT2D eigenvalue weighted by atomic mass is 79.9. The Morgan fingerprint density at radius 2 is 2.21 bits per heavy atom. The van der Waals surface area contributed by atoms with Crippen molar-refractivity contribution in [2.24, 2.45) is 5.73 Å². The number of phenols is 1. The standard InChI is InChI=1S/C10H14BrNO2/c1-6(5-12)7-3-10(14-2)8(11)4-9(7)13/h3-4,6,13H,5,12H2,1-2H3. The molecule has 0 saturated carbocycles. The first-order valence-electron chi connectivity index (χ1n) is 4.36. The number of nitrogens with two attached hydrogens (primary N) is 1. The highest BCUT2D eigenvalue weighted by molar-refractivity contribution is 9.10. The zero-order chi connectivity index (χ0) is 10.7. The van der Waals surface area contributed by atoms with E-state index in [9.17, 15) is 5.11 Å². The third-order valence-corrected chi connectivity index (χ3v) is 2.81. The number of aromatic hydroxyl groups is 1. The SMILES string of the molecule is COc1cc(C(C)CN)c(O)cc1Br. The van der Waals surface area contributed by atoms with Gasteiger partial charge in [0.1, 0.15) is 11.5 Å². The van der Waals surface area contributed by atoms with Crippen LogP contribution in [0, 0.1) is 0 Å². The van der Waals surface area contributed by atoms with Crippen LogP contribution in [0.25, 0.3) is 0 Å². The molecule has 0 aliphatic heterocycles. The van der Waals surface area contributed by atoms with Crippen molar-refractivity contribution in [3.05, 3.63) is 22.2 Å². The van der Waals surface area contributed by atoms with E-state index >= 15 is 0 Å². The van der Waals surface area contributed by atoms with Crippen molar-refractivity contribution < 1.29 is 9.84 Å². The van der Waals surface area contributed by atoms with E-state index in [1.807, 2.05) is 6.92 Å². The third kappa shape index (κ3) is 2.19. The second-order valence-electron chi connectivity index (χ2n) is 3.18. The second-order valence-corrected chi connectivity index (χ2v) is 4.04. The maximum Gasteiger partial charge on any atom is 0.133 e. The minimum absolute atomic E-state index is 0.122. The molecule has 0 radical (unpaired) electrons. The molecule has 14 heavy (non-hydrogen) atoms. The summed E-state index contributed by atoms with van der Waals surface area (Å²) in [5.41, 5.74) is 6.35. The van der Waals surface area contributed by atoms with Gasteiger partial charge in [0.05, 0.1) is 11.6 Å². The molecule has 0 aliphatic rings. The van der Waals surface area contributed by atoms with Crippen LogP contribution in [0.4, 0.5) is 0 Å². The molecule has 4 heteroatoms. The first-order valence-corrected chi connectivity index (χ1v) is 5.16. The average Bonchev–Trinajstić information content (AvgIpc) is 2.17. The van der Waals surface area contributed by atoms with Gasteiger partial charge in [0.15, 0.2) is 0 Å². The van der Waals surface area contributed by atoms with Crippen molar-refractivity contribution in [1.29, 1.82) is 0 Å². The van der Waals surface area contributed by atoms with Crippen molar-refractivity contribution in [2.45, 2.75) is 12.8 Å². The Bertz CT molecular complexity index is 328. The lowest BCUT2D eigenvalue weighted by Gasteiger charge is -2.13. The van der Waals surface area contributed by atoms with E-state index in [1.54, 1.807) is 19.2 Å². The minimum Gasteiger partial charge on any atom is -0.508 e. The van der Waals surface area contributed by atoms with Crippen LogP contribution in [-0.2, 0) is 0 Å². The lowest BCUT2D eigenvalue weighted by atomic mass is 10.0. The van der Waals surface area contributed by atoms with E-state index in [-0.39, 0.29) is 11.7 Å². The third-order valence-electron chi connectivity index (χ3n) is 2.19. The van der Waals surface area contributed by atoms with Crippen molar-refractivity contribution >= 4 is 15.9 Å². The van der Waals surface area contributed by atoms with Crippen LogP contribution in [-0.4, -0.2) is 18.8 Å². The Balaban J connectivity index is 3.17. The molecule has 0 fully saturated rings. The van der Waals surface area contributed by atoms with Crippen LogP contribution in [0.1, 0.15) is 18.4 Å². The lowest BCUT2D eigenvalue weighted by Crippen LogP contribution is -2.09. The molecule has 3 N–H and O–H groups in total. The van der Waals surface area contributed by atoms with Gasteiger partial charge in [-0.15, -0.1) is 0 Å². The van der Waals surface area contributed by atoms with E-state index in [0.717, 1.165) is 10.0 Å². The molecule has 1 rings (SSSR count). The molecule has 1 atom stereocenters. The second kappa shape index (κ2) is 4.66. The topological polar surface area (TPSA) is 55.5 Å². The van der Waals surface area contributed by atoms with Gasteiger partial charge in [-0.1, -0.05) is 6.92 Å². The molecule has 1 aromatic rings. The summed E-state index contributed by atoms with van der Waals surface area (Å²) in [5.74, 6) is 1.07. The first kappa shape index (κ1) is 11.3. The molecule has 3 nitrogen and oxygen atoms in total. The van der Waals surface area contributed by atoms with Gasteiger partial charge in [0.2, 0.25) is 0 Å². The van der Waals surface area contributed by atoms with Gasteiger partial charge in [-0.2, -0.15) is 0 Å². The highest BCUT2D eigenvalue weighted by Gasteiger charge is 2.12. The van der Waals surface area contributed by atoms with Gasteiger partial charge in [-0.05, 0) is 40.5 Å². The van der Waals surface area contributed by atoms with E-state index < -0.39 is 0 Å². The fourth-order valence-electron chi connectivity index (χ4n) is 1.24. The van der Waals surface area contributed by atoms with Crippen LogP contribution in [0.5, 0.6) is 11.5 Å². The number of hydrogen-bond acceptors (Lipinski definition) is 3. The largest absolute Gasteiger partial charge is 0.508 e. The summed E-state index contributed by atoms with van der Waals surface area (Å²) < 4.78 is 5.88. The van der Waals surface area contributed by atoms with E-state index in [0.29, 0.717) is 12.3 Å². The van der Waals surface area contributed by atoms with Crippen LogP contribution in [0.2, 0.25) is 0 Å². The molecule has 0 amide bonds. The minimum atomic E-state index is 0.122. The highest BCUT2D eigenvalue weighted by Crippen LogP contribution is 2.35. The van der Waals surface area contributed by atoms with Gasteiger partial charge in [-0.25, -0.2) is 0 Å². The summed E-state index contributed by atoms with van der Waals surface area (Å²) in [4.78, 5) is 0. The maximum absolute atomic E-state index is 9.67. The van der Waals surface area contributed by atoms with Crippen LogP contribution < -0.4 is 10.5 Å². The quantitative estimate of drug-likeness (QED) is 0.876. The first-order chi connectivity index (χ1) is 6.60. The summed E-state index contributed by atoms with van der Waals surface area (Å²) in [6.45, 7) is 2.46. The number of ether oxygens (including phenoxy) is 1. The molecule has 0 spiro atoms. The molecule has 78 valence electrons. The number of hydrogen-bond donors (Lipinski definition) is 2. The number of methoxy groups -OCH3 is 1. The van der Waals surface area contributed by atoms with Crippen LogP contribution in [0.3, 0.4) is 0 Å². The molecule has 0 aliphatic carbocycles. The number of halogens is 1. The van der Waals surface area contributed by atoms with Gasteiger partial charge in [0.25, 0.3) is 0 Å². The summed E-state index contributed by atoms with van der Waals surface area (Å²) in [5, 5.41) is 9.67. The summed E-state index contributed by atoms with van der Waals surface area (Å²) in [6, 6.07) is 3.43. The molecular formula is C10H14BrNO2. The zero-order valence-corrected chi connectivity index (χ0v) is 9.84. The molecular weight excluding hydrogens is 246 g/mol. The van der Waals surface area contributed by atoms with Gasteiger partial charge >= 0.3 is 0 Å². The Morgan fingerprint density at radius 3 is 2.71 bits per heavy atom. The van der Waals surface area contributed by atoms with Gasteiger partial charge < -0.3 is 15.6 Å². The monoisotopic (exact) mass is 259 g/mol. The predicted molar refractivity (Wildman–Crippen MR) is 59.8 cm³/mol. The Kier molecular flexibility index (Phi) is 3.77. The zero-order valence-electron chi connectivity index (χ0n) is 8.25. The number of phenolic OH excluding ortho intramolecular Hbond substituents is 1. The molecule has 0 saturated heterocycles. The number of benzene rings is 1. The van der Waals surface area contributed by atoms with Crippen molar-refractivity contribution in [3.63, 3.8) is 0 Å². The fraction of sp³-hybridized carbons (Fsp3) is 0.400. The predicted octanol–water partition coefficient (Wildman–Crippen LogP) is 2.23. The van der Waals surface area contributed by atoms with Crippen molar-refractivity contribution in [1.82, 2.24) is 0 Å². The van der Waals surface area contributed by atoms with Gasteiger partial charge in [0, 0.05) is 5.56 Å². The van der Waals surface area contributed by atoms with E-state index in [2.05, 4.69) is 15.9 Å². The Labute approximate surface area is 92.0 Å². The smallest absolute Gasteiger partial charge is 0.133 e. The maximum atomic E-state index is 9.67. The van der Waals surface area contributed by atoms with Crippen molar-refractivity contribution in [3.8, 4) is 11.5 Å². The Hall–Kier alpha value is -0.740. The molecule has 0 heterocycles. The van der Waals surface area contributed by atoms with Crippen LogP contribution >= 0.6 is 15.9 Å².